The zero-order valence-corrected chi connectivity index (χ0v) is 14.8. The first kappa shape index (κ1) is 19.5. The van der Waals surface area contributed by atoms with Crippen LogP contribution in [0.2, 0.25) is 0 Å². The summed E-state index contributed by atoms with van der Waals surface area (Å²) in [4.78, 5) is 4.15. The molecule has 0 aromatic carbocycles. The Hall–Kier alpha value is 0.150. The monoisotopic (exact) mass is 375 g/mol. The van der Waals surface area contributed by atoms with Crippen LogP contribution in [0.3, 0.4) is 0 Å². The largest absolute Gasteiger partial charge is 0.370 e. The van der Waals surface area contributed by atoms with E-state index >= 15 is 0 Å². The van der Waals surface area contributed by atoms with E-state index in [-0.39, 0.29) is 34.3 Å². The minimum Gasteiger partial charge on any atom is -0.370 e. The summed E-state index contributed by atoms with van der Waals surface area (Å²) in [6, 6.07) is 0. The molecule has 6 heteroatoms. The smallest absolute Gasteiger partial charge is 0.189 e. The number of nitrogens with two attached hydrogens (primary N) is 1. The lowest BCUT2D eigenvalue weighted by molar-refractivity contribution is 0.508. The highest BCUT2D eigenvalue weighted by atomic mass is 127. The number of nitrogens with one attached hydrogen (secondary N) is 1. The molecule has 4 nitrogen and oxygen atoms in total. The van der Waals surface area contributed by atoms with Crippen LogP contribution in [-0.4, -0.2) is 32.8 Å². The van der Waals surface area contributed by atoms with E-state index in [2.05, 4.69) is 10.3 Å². The van der Waals surface area contributed by atoms with Gasteiger partial charge >= 0.3 is 0 Å². The molecule has 17 heavy (non-hydrogen) atoms. The van der Waals surface area contributed by atoms with Crippen LogP contribution in [0.15, 0.2) is 4.99 Å². The highest BCUT2D eigenvalue weighted by molar-refractivity contribution is 14.0. The Kier molecular flexibility index (Phi) is 8.66. The van der Waals surface area contributed by atoms with Crippen molar-refractivity contribution in [1.82, 2.24) is 5.32 Å². The van der Waals surface area contributed by atoms with Crippen molar-refractivity contribution in [3.05, 3.63) is 0 Å². The predicted molar refractivity (Wildman–Crippen MR) is 87.6 cm³/mol. The third-order valence-corrected chi connectivity index (χ3v) is 3.66. The minimum absolute atomic E-state index is 0. The van der Waals surface area contributed by atoms with Crippen LogP contribution >= 0.6 is 24.0 Å². The fourth-order valence-corrected chi connectivity index (χ4v) is 1.85. The first-order valence-corrected chi connectivity index (χ1v) is 6.81. The Bertz CT molecular complexity index is 279. The maximum atomic E-state index is 11.7. The average Bonchev–Trinajstić information content (AvgIpc) is 1.98. The van der Waals surface area contributed by atoms with Gasteiger partial charge in [-0.25, -0.2) is 0 Å². The van der Waals surface area contributed by atoms with Crippen molar-refractivity contribution in [2.75, 3.05) is 12.3 Å². The summed E-state index contributed by atoms with van der Waals surface area (Å²) in [6.45, 7) is 12.4. The van der Waals surface area contributed by atoms with Gasteiger partial charge in [-0.3, -0.25) is 9.20 Å². The van der Waals surface area contributed by atoms with Gasteiger partial charge in [0.2, 0.25) is 0 Å². The molecule has 0 saturated carbocycles. The Morgan fingerprint density at radius 1 is 1.24 bits per heavy atom. The van der Waals surface area contributed by atoms with Gasteiger partial charge in [-0.05, 0) is 41.5 Å². The van der Waals surface area contributed by atoms with Crippen molar-refractivity contribution in [3.63, 3.8) is 0 Å². The lowest BCUT2D eigenvalue weighted by Crippen LogP contribution is -2.45. The second kappa shape index (κ2) is 7.56. The molecule has 0 aliphatic rings. The second-order valence-corrected chi connectivity index (χ2v) is 8.13. The molecule has 0 bridgehead atoms. The maximum Gasteiger partial charge on any atom is 0.189 e. The van der Waals surface area contributed by atoms with Gasteiger partial charge in [0.25, 0.3) is 0 Å². The van der Waals surface area contributed by atoms with Crippen molar-refractivity contribution >= 4 is 40.7 Å². The summed E-state index contributed by atoms with van der Waals surface area (Å²) in [5.74, 6) is 0.967. The third kappa shape index (κ3) is 11.0. The number of hydrogen-bond donors (Lipinski definition) is 2. The average molecular weight is 375 g/mol. The van der Waals surface area contributed by atoms with E-state index in [4.69, 9.17) is 5.73 Å². The molecule has 0 spiro atoms. The van der Waals surface area contributed by atoms with Crippen molar-refractivity contribution in [2.45, 2.75) is 51.8 Å². The molecule has 0 amide bonds. The predicted octanol–water partition coefficient (Wildman–Crippen LogP) is 1.85. The molecule has 0 saturated heterocycles. The van der Waals surface area contributed by atoms with E-state index < -0.39 is 10.8 Å². The molecule has 0 aliphatic carbocycles. The van der Waals surface area contributed by atoms with Gasteiger partial charge in [0.1, 0.15) is 0 Å². The first-order chi connectivity index (χ1) is 7.02. The van der Waals surface area contributed by atoms with Gasteiger partial charge in [0, 0.05) is 26.8 Å². The molecule has 0 aromatic heterocycles. The highest BCUT2D eigenvalue weighted by Crippen LogP contribution is 2.10. The molecule has 0 fully saturated rings. The van der Waals surface area contributed by atoms with Crippen LogP contribution in [0.25, 0.3) is 0 Å². The first-order valence-electron chi connectivity index (χ1n) is 5.49. The number of nitrogens with zero attached hydrogens (tertiary/aromatic N) is 1. The molecule has 1 atom stereocenters. The fourth-order valence-electron chi connectivity index (χ4n) is 0.979. The summed E-state index contributed by atoms with van der Waals surface area (Å²) in [7, 11) is -0.867. The number of halogens is 1. The van der Waals surface area contributed by atoms with Crippen LogP contribution in [0.1, 0.15) is 41.5 Å². The number of guanidine groups is 1. The summed E-state index contributed by atoms with van der Waals surface area (Å²) in [5.41, 5.74) is 5.61. The Balaban J connectivity index is 0. The molecular formula is C11H26IN3OS. The van der Waals surface area contributed by atoms with Gasteiger partial charge in [-0.1, -0.05) is 0 Å². The van der Waals surface area contributed by atoms with Crippen LogP contribution < -0.4 is 11.1 Å². The zero-order chi connectivity index (χ0) is 13.0. The topological polar surface area (TPSA) is 67.5 Å². The standard InChI is InChI=1S/C11H25N3OS.HI/c1-10(2,3)14-9(12)13-7-8-16(15)11(4,5)6;/h7-8H2,1-6H3,(H3,12,13,14);1H. The van der Waals surface area contributed by atoms with Crippen LogP contribution in [-0.2, 0) is 10.8 Å². The van der Waals surface area contributed by atoms with Crippen molar-refractivity contribution in [1.29, 1.82) is 0 Å². The van der Waals surface area contributed by atoms with Crippen LogP contribution in [0, 0.1) is 0 Å². The molecule has 0 aliphatic heterocycles. The normalized spacial score (nSPS) is 15.1. The van der Waals surface area contributed by atoms with E-state index in [0.717, 1.165) is 0 Å². The van der Waals surface area contributed by atoms with Gasteiger partial charge in [-0.2, -0.15) is 0 Å². The van der Waals surface area contributed by atoms with E-state index in [0.29, 0.717) is 18.3 Å². The van der Waals surface area contributed by atoms with Crippen LogP contribution in [0.4, 0.5) is 0 Å². The fraction of sp³-hybridized carbons (Fsp3) is 0.909. The molecule has 0 rings (SSSR count). The number of rotatable bonds is 3. The van der Waals surface area contributed by atoms with Gasteiger partial charge in [-0.15, -0.1) is 24.0 Å². The highest BCUT2D eigenvalue weighted by Gasteiger charge is 2.18. The summed E-state index contributed by atoms with van der Waals surface area (Å²) < 4.78 is 11.5. The van der Waals surface area contributed by atoms with E-state index in [1.807, 2.05) is 41.5 Å². The number of hydrogen-bond acceptors (Lipinski definition) is 2. The molecular weight excluding hydrogens is 349 g/mol. The second-order valence-electron chi connectivity index (χ2n) is 5.80. The lowest BCUT2D eigenvalue weighted by atomic mass is 10.1. The minimum atomic E-state index is -0.867. The number of aliphatic imine (C=N–C) groups is 1. The summed E-state index contributed by atoms with van der Waals surface area (Å²) in [6.07, 6.45) is 0. The van der Waals surface area contributed by atoms with Crippen LogP contribution in [0.5, 0.6) is 0 Å². The van der Waals surface area contributed by atoms with E-state index in [9.17, 15) is 4.21 Å². The Labute approximate surface area is 125 Å². The van der Waals surface area contributed by atoms with Crippen molar-refractivity contribution in [3.8, 4) is 0 Å². The van der Waals surface area contributed by atoms with Crippen molar-refractivity contribution < 1.29 is 4.21 Å². The summed E-state index contributed by atoms with van der Waals surface area (Å²) >= 11 is 0. The third-order valence-electron chi connectivity index (χ3n) is 1.74. The molecule has 3 N–H and O–H groups in total. The van der Waals surface area contributed by atoms with Gasteiger partial charge in [0.05, 0.1) is 6.54 Å². The van der Waals surface area contributed by atoms with Crippen molar-refractivity contribution in [2.24, 2.45) is 10.7 Å². The molecule has 0 heterocycles. The molecule has 1 unspecified atom stereocenters. The van der Waals surface area contributed by atoms with E-state index in [1.165, 1.54) is 0 Å². The Morgan fingerprint density at radius 2 is 1.71 bits per heavy atom. The van der Waals surface area contributed by atoms with Gasteiger partial charge < -0.3 is 11.1 Å². The summed E-state index contributed by atoms with van der Waals surface area (Å²) in [5, 5.41) is 3.06. The molecule has 104 valence electrons. The Morgan fingerprint density at radius 3 is 2.06 bits per heavy atom. The lowest BCUT2D eigenvalue weighted by Gasteiger charge is -2.21. The molecule has 0 aromatic rings. The molecule has 0 radical (unpaired) electrons. The van der Waals surface area contributed by atoms with E-state index in [1.54, 1.807) is 0 Å². The quantitative estimate of drug-likeness (QED) is 0.450. The maximum absolute atomic E-state index is 11.7. The SMILES string of the molecule is CC(C)(C)NC(N)=NCCS(=O)C(C)(C)C.I. The van der Waals surface area contributed by atoms with Gasteiger partial charge in [0.15, 0.2) is 5.96 Å². The zero-order valence-electron chi connectivity index (χ0n) is 11.7.